The Bertz CT molecular complexity index is 561. The summed E-state index contributed by atoms with van der Waals surface area (Å²) < 4.78 is 0. The highest BCUT2D eigenvalue weighted by Crippen LogP contribution is 2.24. The molecule has 0 radical (unpaired) electrons. The molecule has 1 aliphatic rings. The first kappa shape index (κ1) is 12.2. The van der Waals surface area contributed by atoms with E-state index in [1.54, 1.807) is 0 Å². The first-order chi connectivity index (χ1) is 9.38. The van der Waals surface area contributed by atoms with Crippen LogP contribution in [0, 0.1) is 0 Å². The Morgan fingerprint density at radius 1 is 1.11 bits per heavy atom. The van der Waals surface area contributed by atoms with Gasteiger partial charge in [-0.25, -0.2) is 9.97 Å². The molecule has 0 amide bonds. The number of nitrogens with one attached hydrogen (secondary N) is 2. The zero-order chi connectivity index (χ0) is 13.1. The van der Waals surface area contributed by atoms with Gasteiger partial charge in [0.15, 0.2) is 11.6 Å². The van der Waals surface area contributed by atoms with Crippen LogP contribution < -0.4 is 15.5 Å². The Balaban J connectivity index is 2.04. The van der Waals surface area contributed by atoms with Crippen molar-refractivity contribution in [1.29, 1.82) is 0 Å². The lowest BCUT2D eigenvalue weighted by Crippen LogP contribution is -2.29. The lowest BCUT2D eigenvalue weighted by molar-refractivity contribution is 0.724. The zero-order valence-corrected chi connectivity index (χ0v) is 11.2. The van der Waals surface area contributed by atoms with Gasteiger partial charge < -0.3 is 15.5 Å². The minimum absolute atomic E-state index is 0.862. The zero-order valence-electron chi connectivity index (χ0n) is 11.2. The highest BCUT2D eigenvalue weighted by molar-refractivity contribution is 5.80. The van der Waals surface area contributed by atoms with Gasteiger partial charge in [-0.3, -0.25) is 0 Å². The Morgan fingerprint density at radius 3 is 2.68 bits per heavy atom. The maximum absolute atomic E-state index is 4.78. The smallest absolute Gasteiger partial charge is 0.172 e. The number of nitrogens with zero attached hydrogens (tertiary/aromatic N) is 3. The third-order valence-corrected chi connectivity index (χ3v) is 3.43. The van der Waals surface area contributed by atoms with Gasteiger partial charge in [-0.15, -0.1) is 0 Å². The van der Waals surface area contributed by atoms with E-state index in [1.807, 2.05) is 31.3 Å². The van der Waals surface area contributed by atoms with Gasteiger partial charge >= 0.3 is 0 Å². The highest BCUT2D eigenvalue weighted by atomic mass is 15.2. The summed E-state index contributed by atoms with van der Waals surface area (Å²) in [5.74, 6) is 1.82. The normalized spacial score (nSPS) is 16.4. The first-order valence-electron chi connectivity index (χ1n) is 6.78. The fourth-order valence-corrected chi connectivity index (χ4v) is 2.44. The summed E-state index contributed by atoms with van der Waals surface area (Å²) in [6, 6.07) is 8.01. The molecule has 2 heterocycles. The van der Waals surface area contributed by atoms with Crippen molar-refractivity contribution in [3.8, 4) is 0 Å². The van der Waals surface area contributed by atoms with E-state index in [0.717, 1.165) is 55.3 Å². The van der Waals surface area contributed by atoms with Crippen molar-refractivity contribution in [2.24, 2.45) is 0 Å². The molecule has 0 atom stereocenters. The molecule has 5 nitrogen and oxygen atoms in total. The van der Waals surface area contributed by atoms with Crippen LogP contribution in [0.5, 0.6) is 0 Å². The number of para-hydroxylation sites is 2. The number of anilines is 2. The van der Waals surface area contributed by atoms with E-state index in [2.05, 4.69) is 20.5 Å². The van der Waals surface area contributed by atoms with Crippen LogP contribution in [0.2, 0.25) is 0 Å². The molecule has 1 fully saturated rings. The second-order valence-corrected chi connectivity index (χ2v) is 4.73. The maximum atomic E-state index is 4.78. The second-order valence-electron chi connectivity index (χ2n) is 4.73. The number of fused-ring (bicyclic) bond motifs is 1. The maximum Gasteiger partial charge on any atom is 0.172 e. The molecule has 0 unspecified atom stereocenters. The highest BCUT2D eigenvalue weighted by Gasteiger charge is 2.16. The minimum Gasteiger partial charge on any atom is -0.370 e. The number of hydrogen-bond acceptors (Lipinski definition) is 5. The van der Waals surface area contributed by atoms with Crippen molar-refractivity contribution >= 4 is 22.7 Å². The van der Waals surface area contributed by atoms with Gasteiger partial charge in [-0.2, -0.15) is 0 Å². The molecule has 0 aliphatic carbocycles. The van der Waals surface area contributed by atoms with Crippen LogP contribution in [-0.2, 0) is 0 Å². The first-order valence-corrected chi connectivity index (χ1v) is 6.78. The fourth-order valence-electron chi connectivity index (χ4n) is 2.44. The summed E-state index contributed by atoms with van der Waals surface area (Å²) in [5.41, 5.74) is 1.89. The molecule has 1 aliphatic heterocycles. The minimum atomic E-state index is 0.862. The second kappa shape index (κ2) is 5.40. The molecule has 0 spiro atoms. The predicted molar refractivity (Wildman–Crippen MR) is 78.8 cm³/mol. The van der Waals surface area contributed by atoms with Gasteiger partial charge in [0.05, 0.1) is 11.0 Å². The van der Waals surface area contributed by atoms with Crippen molar-refractivity contribution in [2.75, 3.05) is 43.4 Å². The summed E-state index contributed by atoms with van der Waals surface area (Å²) in [5, 5.41) is 6.58. The van der Waals surface area contributed by atoms with Crippen molar-refractivity contribution in [3.05, 3.63) is 24.3 Å². The Kier molecular flexibility index (Phi) is 3.46. The van der Waals surface area contributed by atoms with E-state index >= 15 is 0 Å². The standard InChI is InChI=1S/C14H19N5/c1-15-13-14(19-9-4-7-16-8-10-19)18-12-6-3-2-5-11(12)17-13/h2-3,5-6,16H,4,7-10H2,1H3,(H,15,17). The number of benzene rings is 1. The molecule has 2 N–H and O–H groups in total. The molecular weight excluding hydrogens is 238 g/mol. The quantitative estimate of drug-likeness (QED) is 0.853. The van der Waals surface area contributed by atoms with Crippen LogP contribution in [0.3, 0.4) is 0 Å². The Morgan fingerprint density at radius 2 is 1.89 bits per heavy atom. The van der Waals surface area contributed by atoms with E-state index in [4.69, 9.17) is 4.98 Å². The molecule has 5 heteroatoms. The molecule has 3 rings (SSSR count). The summed E-state index contributed by atoms with van der Waals surface area (Å²) in [6.07, 6.45) is 1.14. The van der Waals surface area contributed by atoms with Crippen LogP contribution >= 0.6 is 0 Å². The van der Waals surface area contributed by atoms with Crippen LogP contribution in [0.25, 0.3) is 11.0 Å². The van der Waals surface area contributed by atoms with Gasteiger partial charge in [0.2, 0.25) is 0 Å². The molecule has 100 valence electrons. The van der Waals surface area contributed by atoms with E-state index in [0.29, 0.717) is 0 Å². The summed E-state index contributed by atoms with van der Waals surface area (Å²) in [6.45, 7) is 4.07. The average molecular weight is 257 g/mol. The summed E-state index contributed by atoms with van der Waals surface area (Å²) >= 11 is 0. The molecule has 0 saturated carbocycles. The fraction of sp³-hybridized carbons (Fsp3) is 0.429. The third kappa shape index (κ3) is 2.46. The van der Waals surface area contributed by atoms with E-state index in [9.17, 15) is 0 Å². The van der Waals surface area contributed by atoms with Crippen molar-refractivity contribution in [3.63, 3.8) is 0 Å². The lowest BCUT2D eigenvalue weighted by Gasteiger charge is -2.23. The molecule has 2 aromatic rings. The van der Waals surface area contributed by atoms with Crippen molar-refractivity contribution in [2.45, 2.75) is 6.42 Å². The van der Waals surface area contributed by atoms with Crippen LogP contribution in [0.4, 0.5) is 11.6 Å². The number of rotatable bonds is 2. The van der Waals surface area contributed by atoms with Crippen LogP contribution in [0.15, 0.2) is 24.3 Å². The topological polar surface area (TPSA) is 53.1 Å². The molecule has 1 saturated heterocycles. The van der Waals surface area contributed by atoms with E-state index < -0.39 is 0 Å². The predicted octanol–water partition coefficient (Wildman–Crippen LogP) is 1.47. The van der Waals surface area contributed by atoms with Gasteiger partial charge in [0, 0.05) is 26.7 Å². The van der Waals surface area contributed by atoms with E-state index in [-0.39, 0.29) is 0 Å². The monoisotopic (exact) mass is 257 g/mol. The number of hydrogen-bond donors (Lipinski definition) is 2. The van der Waals surface area contributed by atoms with Gasteiger partial charge in [-0.05, 0) is 25.1 Å². The van der Waals surface area contributed by atoms with Gasteiger partial charge in [0.25, 0.3) is 0 Å². The number of aromatic nitrogens is 2. The van der Waals surface area contributed by atoms with Gasteiger partial charge in [0.1, 0.15) is 0 Å². The lowest BCUT2D eigenvalue weighted by atomic mass is 10.3. The molecule has 19 heavy (non-hydrogen) atoms. The van der Waals surface area contributed by atoms with Crippen LogP contribution in [-0.4, -0.2) is 43.2 Å². The van der Waals surface area contributed by atoms with Crippen molar-refractivity contribution in [1.82, 2.24) is 15.3 Å². The third-order valence-electron chi connectivity index (χ3n) is 3.43. The average Bonchev–Trinajstić information content (AvgIpc) is 2.74. The molecule has 0 bridgehead atoms. The largest absolute Gasteiger partial charge is 0.370 e. The van der Waals surface area contributed by atoms with E-state index in [1.165, 1.54) is 0 Å². The summed E-state index contributed by atoms with van der Waals surface area (Å²) in [7, 11) is 1.90. The van der Waals surface area contributed by atoms with Gasteiger partial charge in [-0.1, -0.05) is 12.1 Å². The summed E-state index contributed by atoms with van der Waals surface area (Å²) in [4.78, 5) is 11.8. The van der Waals surface area contributed by atoms with Crippen molar-refractivity contribution < 1.29 is 0 Å². The molecular formula is C14H19N5. The Labute approximate surface area is 113 Å². The SMILES string of the molecule is CNc1nc2ccccc2nc1N1CCCNCC1. The molecule has 1 aromatic carbocycles. The Hall–Kier alpha value is -1.88. The molecule has 1 aromatic heterocycles. The van der Waals surface area contributed by atoms with Crippen LogP contribution in [0.1, 0.15) is 6.42 Å².